The number of nitrogens with one attached hydrogen (secondary N) is 1. The number of rotatable bonds is 5. The number of anilines is 2. The Hall–Kier alpha value is -2.34. The van der Waals surface area contributed by atoms with Gasteiger partial charge in [0, 0.05) is 35.6 Å². The molecule has 2 aromatic rings. The molecule has 27 heavy (non-hydrogen) atoms. The van der Waals surface area contributed by atoms with Crippen LogP contribution in [0.1, 0.15) is 31.0 Å². The molecule has 0 radical (unpaired) electrons. The van der Waals surface area contributed by atoms with Crippen LogP contribution in [-0.2, 0) is 4.79 Å². The number of aryl methyl sites for hydroxylation is 2. The molecule has 0 aliphatic carbocycles. The number of hydrogen-bond acceptors (Lipinski definition) is 5. The van der Waals surface area contributed by atoms with Crippen molar-refractivity contribution < 1.29 is 9.53 Å². The fraction of sp³-hybridized carbons (Fsp3) is 0.450. The van der Waals surface area contributed by atoms with Gasteiger partial charge in [0.2, 0.25) is 11.8 Å². The summed E-state index contributed by atoms with van der Waals surface area (Å²) in [6.45, 7) is 7.81. The molecule has 144 valence electrons. The van der Waals surface area contributed by atoms with Crippen LogP contribution in [0, 0.1) is 19.8 Å². The number of hydrogen-bond donors (Lipinski definition) is 1. The second kappa shape index (κ2) is 8.57. The van der Waals surface area contributed by atoms with Gasteiger partial charge in [0.05, 0.1) is 0 Å². The smallest absolute Gasteiger partial charge is 0.262 e. The second-order valence-corrected chi connectivity index (χ2v) is 7.57. The maximum atomic E-state index is 12.2. The molecule has 0 unspecified atom stereocenters. The largest absolute Gasteiger partial charge is 0.467 e. The highest BCUT2D eigenvalue weighted by atomic mass is 35.5. The van der Waals surface area contributed by atoms with Gasteiger partial charge in [-0.15, -0.1) is 0 Å². The highest BCUT2D eigenvalue weighted by molar-refractivity contribution is 6.31. The molecular formula is C20H25ClN4O2. The summed E-state index contributed by atoms with van der Waals surface area (Å²) >= 11 is 5.99. The van der Waals surface area contributed by atoms with Gasteiger partial charge in [-0.3, -0.25) is 4.79 Å². The van der Waals surface area contributed by atoms with Crippen molar-refractivity contribution in [3.05, 3.63) is 40.5 Å². The van der Waals surface area contributed by atoms with Gasteiger partial charge in [0.1, 0.15) is 0 Å². The van der Waals surface area contributed by atoms with E-state index in [1.54, 1.807) is 18.2 Å². The number of carbonyl (C=O) groups excluding carboxylic acids is 1. The third-order valence-corrected chi connectivity index (χ3v) is 4.82. The molecule has 1 atom stereocenters. The summed E-state index contributed by atoms with van der Waals surface area (Å²) in [5.41, 5.74) is 2.43. The van der Waals surface area contributed by atoms with E-state index in [0.717, 1.165) is 30.8 Å². The average Bonchev–Trinajstić information content (AvgIpc) is 2.63. The fourth-order valence-corrected chi connectivity index (χ4v) is 3.34. The predicted molar refractivity (Wildman–Crippen MR) is 108 cm³/mol. The number of ether oxygens (including phenoxy) is 1. The Morgan fingerprint density at radius 2 is 2.15 bits per heavy atom. The van der Waals surface area contributed by atoms with Crippen LogP contribution in [0.5, 0.6) is 5.88 Å². The first kappa shape index (κ1) is 19.4. The first-order valence-electron chi connectivity index (χ1n) is 9.20. The lowest BCUT2D eigenvalue weighted by Crippen LogP contribution is -2.35. The molecule has 6 nitrogen and oxygen atoms in total. The van der Waals surface area contributed by atoms with Crippen molar-refractivity contribution in [2.45, 2.75) is 33.6 Å². The molecule has 0 spiro atoms. The minimum atomic E-state index is -0.259. The maximum absolute atomic E-state index is 12.2. The van der Waals surface area contributed by atoms with E-state index in [-0.39, 0.29) is 12.5 Å². The number of amides is 1. The zero-order valence-electron chi connectivity index (χ0n) is 16.0. The Kier molecular flexibility index (Phi) is 6.16. The summed E-state index contributed by atoms with van der Waals surface area (Å²) in [7, 11) is 0. The molecule has 1 aliphatic rings. The van der Waals surface area contributed by atoms with Gasteiger partial charge in [-0.25, -0.2) is 4.98 Å². The molecule has 1 amide bonds. The standard InChI is InChI=1S/C20H25ClN4O2/c1-13-5-4-8-25(11-13)20-22-15(3)9-19(24-20)27-12-18(26)23-17-10-16(21)7-6-14(17)2/h6-7,9-10,13H,4-5,8,11-12H2,1-3H3,(H,23,26)/t13-/m0/s1. The Bertz CT molecular complexity index is 828. The van der Waals surface area contributed by atoms with Gasteiger partial charge in [-0.1, -0.05) is 24.6 Å². The molecule has 7 heteroatoms. The van der Waals surface area contributed by atoms with Gasteiger partial charge >= 0.3 is 0 Å². The van der Waals surface area contributed by atoms with E-state index in [9.17, 15) is 4.79 Å². The molecule has 2 heterocycles. The third kappa shape index (κ3) is 5.32. The van der Waals surface area contributed by atoms with Gasteiger partial charge in [0.15, 0.2) is 6.61 Å². The van der Waals surface area contributed by atoms with E-state index in [1.165, 1.54) is 6.42 Å². The van der Waals surface area contributed by atoms with E-state index >= 15 is 0 Å². The van der Waals surface area contributed by atoms with Crippen LogP contribution in [0.15, 0.2) is 24.3 Å². The first-order valence-corrected chi connectivity index (χ1v) is 9.58. The lowest BCUT2D eigenvalue weighted by atomic mass is 10.0. The molecule has 1 aromatic heterocycles. The highest BCUT2D eigenvalue weighted by Gasteiger charge is 2.19. The molecule has 0 bridgehead atoms. The number of benzene rings is 1. The molecule has 1 fully saturated rings. The van der Waals surface area contributed by atoms with Gasteiger partial charge in [-0.2, -0.15) is 4.98 Å². The van der Waals surface area contributed by atoms with Gasteiger partial charge in [-0.05, 0) is 50.3 Å². The molecule has 3 rings (SSSR count). The Morgan fingerprint density at radius 3 is 2.93 bits per heavy atom. The molecule has 0 saturated carbocycles. The molecule has 1 saturated heterocycles. The first-order chi connectivity index (χ1) is 12.9. The molecule has 1 N–H and O–H groups in total. The summed E-state index contributed by atoms with van der Waals surface area (Å²) < 4.78 is 5.63. The minimum Gasteiger partial charge on any atom is -0.467 e. The van der Waals surface area contributed by atoms with Crippen LogP contribution in [0.2, 0.25) is 5.02 Å². The summed E-state index contributed by atoms with van der Waals surface area (Å²) in [5, 5.41) is 3.39. The average molecular weight is 389 g/mol. The lowest BCUT2D eigenvalue weighted by molar-refractivity contribution is -0.118. The summed E-state index contributed by atoms with van der Waals surface area (Å²) in [6, 6.07) is 7.11. The zero-order chi connectivity index (χ0) is 19.4. The highest BCUT2D eigenvalue weighted by Crippen LogP contribution is 2.23. The van der Waals surface area contributed by atoms with E-state index < -0.39 is 0 Å². The van der Waals surface area contributed by atoms with Crippen molar-refractivity contribution in [1.29, 1.82) is 0 Å². The van der Waals surface area contributed by atoms with Crippen LogP contribution in [0.3, 0.4) is 0 Å². The Labute approximate surface area is 164 Å². The maximum Gasteiger partial charge on any atom is 0.262 e. The van der Waals surface area contributed by atoms with Crippen LogP contribution in [0.25, 0.3) is 0 Å². The van der Waals surface area contributed by atoms with Crippen LogP contribution < -0.4 is 15.0 Å². The predicted octanol–water partition coefficient (Wildman–Crippen LogP) is 4.00. The van der Waals surface area contributed by atoms with Gasteiger partial charge < -0.3 is 15.0 Å². The third-order valence-electron chi connectivity index (χ3n) is 4.58. The Balaban J connectivity index is 1.63. The number of aromatic nitrogens is 2. The number of nitrogens with zero attached hydrogens (tertiary/aromatic N) is 3. The van der Waals surface area contributed by atoms with E-state index in [2.05, 4.69) is 27.1 Å². The number of carbonyl (C=O) groups is 1. The van der Waals surface area contributed by atoms with Crippen molar-refractivity contribution in [2.24, 2.45) is 5.92 Å². The summed E-state index contributed by atoms with van der Waals surface area (Å²) in [4.78, 5) is 23.4. The van der Waals surface area contributed by atoms with E-state index in [4.69, 9.17) is 16.3 Å². The van der Waals surface area contributed by atoms with Crippen molar-refractivity contribution in [2.75, 3.05) is 29.9 Å². The molecule has 1 aliphatic heterocycles. The summed E-state index contributed by atoms with van der Waals surface area (Å²) in [5.74, 6) is 1.44. The number of piperidine rings is 1. The minimum absolute atomic E-state index is 0.127. The van der Waals surface area contributed by atoms with Crippen molar-refractivity contribution in [1.82, 2.24) is 9.97 Å². The van der Waals surface area contributed by atoms with Crippen molar-refractivity contribution in [3.8, 4) is 5.88 Å². The van der Waals surface area contributed by atoms with Crippen LogP contribution in [-0.4, -0.2) is 35.6 Å². The van der Waals surface area contributed by atoms with Gasteiger partial charge in [0.25, 0.3) is 5.91 Å². The van der Waals surface area contributed by atoms with Crippen LogP contribution in [0.4, 0.5) is 11.6 Å². The summed E-state index contributed by atoms with van der Waals surface area (Å²) in [6.07, 6.45) is 2.37. The molecular weight excluding hydrogens is 364 g/mol. The normalized spacial score (nSPS) is 16.9. The topological polar surface area (TPSA) is 67.3 Å². The Morgan fingerprint density at radius 1 is 1.33 bits per heavy atom. The number of halogens is 1. The lowest BCUT2D eigenvalue weighted by Gasteiger charge is -2.31. The fourth-order valence-electron chi connectivity index (χ4n) is 3.17. The quantitative estimate of drug-likeness (QED) is 0.838. The van der Waals surface area contributed by atoms with Crippen molar-refractivity contribution in [3.63, 3.8) is 0 Å². The van der Waals surface area contributed by atoms with E-state index in [1.807, 2.05) is 19.9 Å². The second-order valence-electron chi connectivity index (χ2n) is 7.14. The van der Waals surface area contributed by atoms with Crippen LogP contribution >= 0.6 is 11.6 Å². The SMILES string of the molecule is Cc1cc(OCC(=O)Nc2cc(Cl)ccc2C)nc(N2CCC[C@H](C)C2)n1. The van der Waals surface area contributed by atoms with Crippen molar-refractivity contribution >= 4 is 29.1 Å². The monoisotopic (exact) mass is 388 g/mol. The zero-order valence-corrected chi connectivity index (χ0v) is 16.7. The molecule has 1 aromatic carbocycles. The van der Waals surface area contributed by atoms with E-state index in [0.29, 0.717) is 28.5 Å².